The van der Waals surface area contributed by atoms with Crippen molar-refractivity contribution in [1.82, 2.24) is 4.98 Å². The van der Waals surface area contributed by atoms with Gasteiger partial charge in [0.15, 0.2) is 11.8 Å². The minimum Gasteiger partial charge on any atom is -0.504 e. The average Bonchev–Trinajstić information content (AvgIpc) is 3.12. The summed E-state index contributed by atoms with van der Waals surface area (Å²) in [6.45, 7) is 3.01. The second-order valence-corrected chi connectivity index (χ2v) is 6.31. The van der Waals surface area contributed by atoms with Gasteiger partial charge in [-0.25, -0.2) is 9.78 Å². The van der Waals surface area contributed by atoms with E-state index in [2.05, 4.69) is 15.3 Å². The zero-order chi connectivity index (χ0) is 18.8. The molecule has 0 amide bonds. The van der Waals surface area contributed by atoms with Crippen LogP contribution in [0.5, 0.6) is 5.75 Å². The summed E-state index contributed by atoms with van der Waals surface area (Å²) in [5.41, 5.74) is 0.785. The van der Waals surface area contributed by atoms with Crippen molar-refractivity contribution in [3.63, 3.8) is 0 Å². The number of carboxylic acids is 1. The fourth-order valence-corrected chi connectivity index (χ4v) is 3.13. The van der Waals surface area contributed by atoms with Crippen LogP contribution in [0.3, 0.4) is 0 Å². The number of carboxylic acid groups (broad SMARTS) is 1. The fraction of sp³-hybridized carbons (Fsp3) is 0.562. The number of aliphatic imine (C=N–C) groups is 1. The SMILES string of the molecule is COCCOCCOCCNc1ccnc(C2=N[C@@H](C(=O)O)CS2)c1O. The number of hydrogen-bond acceptors (Lipinski definition) is 9. The van der Waals surface area contributed by atoms with E-state index in [9.17, 15) is 9.90 Å². The molecule has 1 aliphatic heterocycles. The lowest BCUT2D eigenvalue weighted by Gasteiger charge is -2.11. The molecule has 1 aromatic heterocycles. The summed E-state index contributed by atoms with van der Waals surface area (Å²) in [7, 11) is 1.62. The van der Waals surface area contributed by atoms with Gasteiger partial charge in [-0.3, -0.25) is 4.99 Å². The average molecular weight is 385 g/mol. The summed E-state index contributed by atoms with van der Waals surface area (Å²) < 4.78 is 15.6. The molecular formula is C16H23N3O6S. The van der Waals surface area contributed by atoms with Crippen molar-refractivity contribution >= 4 is 28.5 Å². The first-order chi connectivity index (χ1) is 12.6. The molecule has 0 saturated heterocycles. The minimum atomic E-state index is -0.982. The van der Waals surface area contributed by atoms with Crippen molar-refractivity contribution in [2.75, 3.05) is 57.8 Å². The Morgan fingerprint density at radius 2 is 2.04 bits per heavy atom. The third-order valence-electron chi connectivity index (χ3n) is 3.43. The van der Waals surface area contributed by atoms with Crippen LogP contribution in [0.15, 0.2) is 17.3 Å². The summed E-state index contributed by atoms with van der Waals surface area (Å²) in [6.07, 6.45) is 1.54. The molecule has 0 unspecified atom stereocenters. The quantitative estimate of drug-likeness (QED) is 0.449. The third-order valence-corrected chi connectivity index (χ3v) is 4.48. The van der Waals surface area contributed by atoms with E-state index >= 15 is 0 Å². The Morgan fingerprint density at radius 3 is 2.73 bits per heavy atom. The van der Waals surface area contributed by atoms with Crippen molar-refractivity contribution in [1.29, 1.82) is 0 Å². The molecule has 0 aromatic carbocycles. The molecule has 0 spiro atoms. The maximum absolute atomic E-state index is 11.0. The van der Waals surface area contributed by atoms with Gasteiger partial charge in [-0.2, -0.15) is 0 Å². The molecular weight excluding hydrogens is 362 g/mol. The zero-order valence-electron chi connectivity index (χ0n) is 14.5. The second kappa shape index (κ2) is 11.0. The van der Waals surface area contributed by atoms with E-state index in [1.165, 1.54) is 11.8 Å². The number of ether oxygens (including phenoxy) is 3. The number of aromatic hydroxyl groups is 1. The molecule has 10 heteroatoms. The lowest BCUT2D eigenvalue weighted by atomic mass is 10.3. The van der Waals surface area contributed by atoms with E-state index < -0.39 is 12.0 Å². The summed E-state index contributed by atoms with van der Waals surface area (Å²) in [6, 6.07) is 0.842. The maximum atomic E-state index is 11.0. The van der Waals surface area contributed by atoms with Gasteiger partial charge >= 0.3 is 5.97 Å². The van der Waals surface area contributed by atoms with Crippen LogP contribution >= 0.6 is 11.8 Å². The van der Waals surface area contributed by atoms with Crippen molar-refractivity contribution in [2.24, 2.45) is 4.99 Å². The van der Waals surface area contributed by atoms with Gasteiger partial charge in [0.05, 0.1) is 38.7 Å². The summed E-state index contributed by atoms with van der Waals surface area (Å²) >= 11 is 1.27. The molecule has 144 valence electrons. The highest BCUT2D eigenvalue weighted by Gasteiger charge is 2.27. The van der Waals surface area contributed by atoms with Crippen molar-refractivity contribution in [2.45, 2.75) is 6.04 Å². The van der Waals surface area contributed by atoms with Crippen molar-refractivity contribution in [3.8, 4) is 5.75 Å². The number of hydrogen-bond donors (Lipinski definition) is 3. The molecule has 3 N–H and O–H groups in total. The van der Waals surface area contributed by atoms with E-state index in [0.717, 1.165) is 0 Å². The normalized spacial score (nSPS) is 16.5. The number of aromatic nitrogens is 1. The zero-order valence-corrected chi connectivity index (χ0v) is 15.3. The molecule has 0 bridgehead atoms. The number of aliphatic carboxylic acids is 1. The van der Waals surface area contributed by atoms with E-state index in [1.807, 2.05) is 0 Å². The molecule has 0 saturated carbocycles. The lowest BCUT2D eigenvalue weighted by molar-refractivity contribution is -0.137. The summed E-state index contributed by atoms with van der Waals surface area (Å²) in [5, 5.41) is 22.9. The monoisotopic (exact) mass is 385 g/mol. The molecule has 26 heavy (non-hydrogen) atoms. The Balaban J connectivity index is 1.77. The molecule has 1 aromatic rings. The minimum absolute atomic E-state index is 0.0484. The number of rotatable bonds is 12. The summed E-state index contributed by atoms with van der Waals surface area (Å²) in [5.74, 6) is -0.693. The number of anilines is 1. The number of carbonyl (C=O) groups is 1. The largest absolute Gasteiger partial charge is 0.504 e. The maximum Gasteiger partial charge on any atom is 0.329 e. The van der Waals surface area contributed by atoms with Crippen LogP contribution in [0.2, 0.25) is 0 Å². The predicted molar refractivity (Wildman–Crippen MR) is 98.3 cm³/mol. The molecule has 2 rings (SSSR count). The molecule has 1 atom stereocenters. The van der Waals surface area contributed by atoms with Crippen LogP contribution < -0.4 is 5.32 Å². The highest BCUT2D eigenvalue weighted by atomic mass is 32.2. The van der Waals surface area contributed by atoms with E-state index in [0.29, 0.717) is 56.1 Å². The number of nitrogens with zero attached hydrogens (tertiary/aromatic N) is 2. The van der Waals surface area contributed by atoms with Crippen LogP contribution in [-0.2, 0) is 19.0 Å². The highest BCUT2D eigenvalue weighted by molar-refractivity contribution is 8.14. The summed E-state index contributed by atoms with van der Waals surface area (Å²) in [4.78, 5) is 19.2. The van der Waals surface area contributed by atoms with Crippen LogP contribution in [0.25, 0.3) is 0 Å². The van der Waals surface area contributed by atoms with E-state index in [4.69, 9.17) is 19.3 Å². The highest BCUT2D eigenvalue weighted by Crippen LogP contribution is 2.32. The van der Waals surface area contributed by atoms with Gasteiger partial charge in [0.2, 0.25) is 0 Å². The van der Waals surface area contributed by atoms with Crippen LogP contribution in [-0.4, -0.2) is 84.7 Å². The van der Waals surface area contributed by atoms with E-state index in [-0.39, 0.29) is 11.4 Å². The standard InChI is InChI=1S/C16H23N3O6S/c1-23-6-7-25-9-8-24-5-4-17-11-2-3-18-13(14(11)20)15-19-12(10-26-15)16(21)22/h2-3,12,20H,4-10H2,1H3,(H,17,18)(H,21,22)/t12-/m1/s1. The Morgan fingerprint density at radius 1 is 1.31 bits per heavy atom. The Labute approximate surface area is 155 Å². The Hall–Kier alpha value is -1.88. The van der Waals surface area contributed by atoms with Crippen molar-refractivity contribution < 1.29 is 29.2 Å². The van der Waals surface area contributed by atoms with Crippen LogP contribution in [0.1, 0.15) is 5.69 Å². The predicted octanol–water partition coefficient (Wildman–Crippen LogP) is 0.825. The van der Waals surface area contributed by atoms with Crippen LogP contribution in [0, 0.1) is 0 Å². The van der Waals surface area contributed by atoms with E-state index in [1.54, 1.807) is 19.4 Å². The molecule has 2 heterocycles. The number of thioether (sulfide) groups is 1. The first-order valence-electron chi connectivity index (χ1n) is 8.13. The first-order valence-corrected chi connectivity index (χ1v) is 9.12. The molecule has 9 nitrogen and oxygen atoms in total. The van der Waals surface area contributed by atoms with Gasteiger partial charge in [-0.1, -0.05) is 0 Å². The van der Waals surface area contributed by atoms with Gasteiger partial charge in [-0.15, -0.1) is 11.8 Å². The number of pyridine rings is 1. The number of methoxy groups -OCH3 is 1. The van der Waals surface area contributed by atoms with Gasteiger partial charge in [-0.05, 0) is 6.07 Å². The first kappa shape index (κ1) is 20.4. The van der Waals surface area contributed by atoms with Gasteiger partial charge < -0.3 is 29.7 Å². The molecule has 0 fully saturated rings. The van der Waals surface area contributed by atoms with Gasteiger partial charge in [0.1, 0.15) is 10.7 Å². The Kier molecular flexibility index (Phi) is 8.62. The Bertz CT molecular complexity index is 628. The fourth-order valence-electron chi connectivity index (χ4n) is 2.11. The molecule has 0 aliphatic carbocycles. The second-order valence-electron chi connectivity index (χ2n) is 5.30. The van der Waals surface area contributed by atoms with Gasteiger partial charge in [0, 0.05) is 25.6 Å². The number of nitrogens with one attached hydrogen (secondary N) is 1. The topological polar surface area (TPSA) is 122 Å². The molecule has 0 radical (unpaired) electrons. The van der Waals surface area contributed by atoms with Crippen LogP contribution in [0.4, 0.5) is 5.69 Å². The van der Waals surface area contributed by atoms with Gasteiger partial charge in [0.25, 0.3) is 0 Å². The van der Waals surface area contributed by atoms with Crippen molar-refractivity contribution in [3.05, 3.63) is 18.0 Å². The lowest BCUT2D eigenvalue weighted by Crippen LogP contribution is -2.17. The molecule has 1 aliphatic rings. The smallest absolute Gasteiger partial charge is 0.329 e. The third kappa shape index (κ3) is 6.13.